The van der Waals surface area contributed by atoms with Gasteiger partial charge < -0.3 is 23.9 Å². The Hall–Kier alpha value is -2.42. The monoisotopic (exact) mass is 418 g/mol. The Morgan fingerprint density at radius 1 is 1.34 bits per heavy atom. The molecule has 9 heteroatoms. The van der Waals surface area contributed by atoms with E-state index in [1.807, 2.05) is 12.1 Å². The molecule has 1 saturated heterocycles. The van der Waals surface area contributed by atoms with E-state index >= 15 is 0 Å². The van der Waals surface area contributed by atoms with Gasteiger partial charge in [-0.25, -0.2) is 0 Å². The molecule has 29 heavy (non-hydrogen) atoms. The number of nitrogens with zero attached hydrogens (tertiary/aromatic N) is 3. The van der Waals surface area contributed by atoms with Gasteiger partial charge in [-0.2, -0.15) is 4.98 Å². The second kappa shape index (κ2) is 8.94. The summed E-state index contributed by atoms with van der Waals surface area (Å²) in [6.45, 7) is 0.968. The number of aromatic nitrogens is 3. The van der Waals surface area contributed by atoms with Crippen molar-refractivity contribution in [1.82, 2.24) is 20.0 Å². The zero-order valence-corrected chi connectivity index (χ0v) is 16.8. The summed E-state index contributed by atoms with van der Waals surface area (Å²) in [6.07, 6.45) is 3.26. The Balaban J connectivity index is 1.40. The minimum Gasteiger partial charge on any atom is -0.375 e. The largest absolute Gasteiger partial charge is 0.375 e. The minimum absolute atomic E-state index is 0.0174. The number of nitrogens with one attached hydrogen (secondary N) is 1. The summed E-state index contributed by atoms with van der Waals surface area (Å²) in [5.74, 6) is 0.836. The van der Waals surface area contributed by atoms with Crippen LogP contribution in [-0.4, -0.2) is 39.9 Å². The first kappa shape index (κ1) is 19.9. The molecular weight excluding hydrogens is 396 g/mol. The first-order valence-electron chi connectivity index (χ1n) is 9.54. The maximum Gasteiger partial charge on any atom is 0.246 e. The first-order chi connectivity index (χ1) is 14.1. The van der Waals surface area contributed by atoms with Crippen LogP contribution in [0.1, 0.15) is 30.7 Å². The SMILES string of the molecule is COCC(=O)NCc1nc(C2CC(Cn3ccc4ccccc43)CC(Cl)O2)no1. The van der Waals surface area contributed by atoms with E-state index in [1.54, 1.807) is 0 Å². The third-order valence-electron chi connectivity index (χ3n) is 5.00. The van der Waals surface area contributed by atoms with Crippen LogP contribution in [0.2, 0.25) is 0 Å². The van der Waals surface area contributed by atoms with Crippen LogP contribution in [-0.2, 0) is 27.4 Å². The van der Waals surface area contributed by atoms with Crippen molar-refractivity contribution in [1.29, 1.82) is 0 Å². The Morgan fingerprint density at radius 3 is 3.07 bits per heavy atom. The highest BCUT2D eigenvalue weighted by Crippen LogP contribution is 2.36. The fourth-order valence-electron chi connectivity index (χ4n) is 3.67. The normalized spacial score (nSPS) is 22.1. The number of rotatable bonds is 7. The van der Waals surface area contributed by atoms with E-state index in [1.165, 1.54) is 18.0 Å². The molecule has 1 fully saturated rings. The summed E-state index contributed by atoms with van der Waals surface area (Å²) in [4.78, 5) is 15.8. The maximum atomic E-state index is 11.5. The van der Waals surface area contributed by atoms with Gasteiger partial charge in [0.15, 0.2) is 0 Å². The Kier molecular flexibility index (Phi) is 6.13. The molecule has 1 amide bonds. The van der Waals surface area contributed by atoms with Crippen molar-refractivity contribution in [3.05, 3.63) is 48.2 Å². The van der Waals surface area contributed by atoms with Gasteiger partial charge in [-0.05, 0) is 36.3 Å². The molecule has 4 rings (SSSR count). The van der Waals surface area contributed by atoms with Crippen molar-refractivity contribution >= 4 is 28.4 Å². The third-order valence-corrected chi connectivity index (χ3v) is 5.28. The van der Waals surface area contributed by atoms with Crippen molar-refractivity contribution in [2.75, 3.05) is 13.7 Å². The third kappa shape index (κ3) is 4.77. The molecule has 1 aromatic carbocycles. The average Bonchev–Trinajstić information content (AvgIpc) is 3.34. The van der Waals surface area contributed by atoms with Gasteiger partial charge in [-0.15, -0.1) is 0 Å². The highest BCUT2D eigenvalue weighted by Gasteiger charge is 2.32. The van der Waals surface area contributed by atoms with Crippen molar-refractivity contribution in [3.63, 3.8) is 0 Å². The second-order valence-electron chi connectivity index (χ2n) is 7.16. The van der Waals surface area contributed by atoms with Crippen molar-refractivity contribution < 1.29 is 18.8 Å². The molecule has 0 bridgehead atoms. The summed E-state index contributed by atoms with van der Waals surface area (Å²) in [5.41, 5.74) is 0.791. The smallest absolute Gasteiger partial charge is 0.246 e. The van der Waals surface area contributed by atoms with E-state index in [2.05, 4.69) is 44.4 Å². The number of benzene rings is 1. The van der Waals surface area contributed by atoms with Gasteiger partial charge in [-0.3, -0.25) is 4.79 Å². The molecule has 1 aliphatic heterocycles. The fraction of sp³-hybridized carbons (Fsp3) is 0.450. The van der Waals surface area contributed by atoms with E-state index in [4.69, 9.17) is 25.6 Å². The van der Waals surface area contributed by atoms with E-state index in [-0.39, 0.29) is 25.2 Å². The fourth-order valence-corrected chi connectivity index (χ4v) is 4.05. The van der Waals surface area contributed by atoms with Gasteiger partial charge in [0.25, 0.3) is 0 Å². The lowest BCUT2D eigenvalue weighted by Gasteiger charge is -2.31. The van der Waals surface area contributed by atoms with E-state index in [9.17, 15) is 4.79 Å². The number of hydrogen-bond donors (Lipinski definition) is 1. The molecule has 1 aliphatic rings. The predicted octanol–water partition coefficient (Wildman–Crippen LogP) is 3.02. The van der Waals surface area contributed by atoms with Crippen LogP contribution in [0, 0.1) is 5.92 Å². The molecule has 0 aliphatic carbocycles. The summed E-state index contributed by atoms with van der Waals surface area (Å²) in [7, 11) is 1.46. The Bertz CT molecular complexity index is 972. The number of ether oxygens (including phenoxy) is 2. The number of alkyl halides is 1. The van der Waals surface area contributed by atoms with Crippen LogP contribution in [0.15, 0.2) is 41.1 Å². The van der Waals surface area contributed by atoms with E-state index in [0.717, 1.165) is 19.4 Å². The topological polar surface area (TPSA) is 91.4 Å². The van der Waals surface area contributed by atoms with Crippen molar-refractivity contribution in [2.45, 2.75) is 37.6 Å². The molecule has 0 saturated carbocycles. The first-order valence-corrected chi connectivity index (χ1v) is 9.97. The highest BCUT2D eigenvalue weighted by molar-refractivity contribution is 6.19. The van der Waals surface area contributed by atoms with Crippen LogP contribution < -0.4 is 5.32 Å². The number of halogens is 1. The molecule has 0 radical (unpaired) electrons. The zero-order chi connectivity index (χ0) is 20.2. The summed E-state index contributed by atoms with van der Waals surface area (Å²) < 4.78 is 18.1. The number of carbonyl (C=O) groups excluding carboxylic acids is 1. The number of para-hydroxylation sites is 1. The van der Waals surface area contributed by atoms with Crippen LogP contribution >= 0.6 is 11.6 Å². The number of methoxy groups -OCH3 is 1. The minimum atomic E-state index is -0.413. The zero-order valence-electron chi connectivity index (χ0n) is 16.1. The number of hydrogen-bond acceptors (Lipinski definition) is 6. The van der Waals surface area contributed by atoms with Gasteiger partial charge in [0.1, 0.15) is 18.3 Å². The van der Waals surface area contributed by atoms with Gasteiger partial charge >= 0.3 is 0 Å². The van der Waals surface area contributed by atoms with Gasteiger partial charge in [0.2, 0.25) is 17.6 Å². The summed E-state index contributed by atoms with van der Waals surface area (Å²) in [5, 5.41) is 7.89. The lowest BCUT2D eigenvalue weighted by molar-refractivity contribution is -0.125. The molecule has 3 atom stereocenters. The molecule has 1 N–H and O–H groups in total. The average molecular weight is 419 g/mol. The van der Waals surface area contributed by atoms with Crippen molar-refractivity contribution in [3.8, 4) is 0 Å². The van der Waals surface area contributed by atoms with Crippen LogP contribution in [0.5, 0.6) is 0 Å². The van der Waals surface area contributed by atoms with Crippen LogP contribution in [0.4, 0.5) is 0 Å². The Labute approximate surface area is 173 Å². The molecule has 3 aromatic rings. The lowest BCUT2D eigenvalue weighted by Crippen LogP contribution is -2.28. The molecule has 3 unspecified atom stereocenters. The quantitative estimate of drug-likeness (QED) is 0.593. The summed E-state index contributed by atoms with van der Waals surface area (Å²) >= 11 is 6.37. The van der Waals surface area contributed by atoms with Gasteiger partial charge in [0.05, 0.1) is 6.54 Å². The lowest BCUT2D eigenvalue weighted by atomic mass is 9.95. The van der Waals surface area contributed by atoms with E-state index in [0.29, 0.717) is 17.6 Å². The molecule has 2 aromatic heterocycles. The maximum absolute atomic E-state index is 11.5. The molecule has 154 valence electrons. The standard InChI is InChI=1S/C20H23ClN4O4/c1-27-12-18(26)22-10-19-23-20(24-29-19)16-8-13(9-17(21)28-16)11-25-7-6-14-4-2-3-5-15(14)25/h2-7,13,16-17H,8-12H2,1H3,(H,22,26). The highest BCUT2D eigenvalue weighted by atomic mass is 35.5. The molecule has 0 spiro atoms. The van der Waals surface area contributed by atoms with Crippen molar-refractivity contribution in [2.24, 2.45) is 5.92 Å². The summed E-state index contributed by atoms with van der Waals surface area (Å²) in [6, 6.07) is 10.4. The van der Waals surface area contributed by atoms with Gasteiger partial charge in [-0.1, -0.05) is 35.0 Å². The number of carbonyl (C=O) groups is 1. The predicted molar refractivity (Wildman–Crippen MR) is 106 cm³/mol. The van der Waals surface area contributed by atoms with Crippen LogP contribution in [0.25, 0.3) is 10.9 Å². The van der Waals surface area contributed by atoms with Gasteiger partial charge in [0, 0.05) is 25.4 Å². The molecule has 8 nitrogen and oxygen atoms in total. The van der Waals surface area contributed by atoms with Crippen LogP contribution in [0.3, 0.4) is 0 Å². The number of amides is 1. The second-order valence-corrected chi connectivity index (χ2v) is 7.64. The molecular formula is C20H23ClN4O4. The Morgan fingerprint density at radius 2 is 2.21 bits per heavy atom. The number of fused-ring (bicyclic) bond motifs is 1. The van der Waals surface area contributed by atoms with E-state index < -0.39 is 5.56 Å². The molecule has 3 heterocycles.